The smallest absolute Gasteiger partial charge is 0.283 e. The van der Waals surface area contributed by atoms with E-state index in [0.717, 1.165) is 9.46 Å². The molecule has 0 aliphatic carbocycles. The number of nitriles is 1. The number of carbonyl (C=O) groups excluding carboxylic acids is 1. The van der Waals surface area contributed by atoms with Gasteiger partial charge in [-0.2, -0.15) is 10.4 Å². The lowest BCUT2D eigenvalue weighted by molar-refractivity contribution is -0.387. The molecule has 1 heterocycles. The number of hydrogen-bond acceptors (Lipinski definition) is 8. The molecule has 1 N–H and O–H groups in total. The van der Waals surface area contributed by atoms with Gasteiger partial charge in [-0.1, -0.05) is 29.4 Å². The number of benzene rings is 2. The fraction of sp³-hybridized carbons (Fsp3) is 0.167. The number of pyridine rings is 1. The van der Waals surface area contributed by atoms with E-state index in [1.807, 2.05) is 6.07 Å². The van der Waals surface area contributed by atoms with Crippen LogP contribution in [0.25, 0.3) is 0 Å². The predicted molar refractivity (Wildman–Crippen MR) is 143 cm³/mol. The van der Waals surface area contributed by atoms with Crippen molar-refractivity contribution in [3.63, 3.8) is 0 Å². The first-order valence-corrected chi connectivity index (χ1v) is 12.5. The number of hydrazone groups is 1. The third-order valence-corrected chi connectivity index (χ3v) is 7.45. The van der Waals surface area contributed by atoms with Crippen LogP contribution in [-0.4, -0.2) is 28.7 Å². The number of aromatic nitrogens is 1. The molecule has 1 aromatic heterocycles. The molecule has 0 radical (unpaired) electrons. The van der Waals surface area contributed by atoms with Crippen LogP contribution < -0.4 is 11.0 Å². The fourth-order valence-corrected chi connectivity index (χ4v) is 4.83. The van der Waals surface area contributed by atoms with Crippen LogP contribution in [0.15, 0.2) is 66.6 Å². The van der Waals surface area contributed by atoms with E-state index in [0.29, 0.717) is 31.2 Å². The highest BCUT2D eigenvalue weighted by molar-refractivity contribution is 9.10. The number of rotatable bonds is 9. The lowest BCUT2D eigenvalue weighted by atomic mass is 10.1. The van der Waals surface area contributed by atoms with Gasteiger partial charge in [-0.15, -0.1) is 0 Å². The molecule has 0 saturated carbocycles. The molecule has 190 valence electrons. The topological polar surface area (TPSA) is 140 Å². The second kappa shape index (κ2) is 12.6. The molecule has 0 unspecified atom stereocenters. The minimum atomic E-state index is -0.626. The van der Waals surface area contributed by atoms with Gasteiger partial charge < -0.3 is 9.30 Å². The molecular weight excluding hydrogens is 586 g/mol. The average Bonchev–Trinajstić information content (AvgIpc) is 2.87. The van der Waals surface area contributed by atoms with Crippen LogP contribution >= 0.6 is 39.3 Å². The maximum atomic E-state index is 12.8. The highest BCUT2D eigenvalue weighted by Crippen LogP contribution is 2.35. The van der Waals surface area contributed by atoms with E-state index in [2.05, 4.69) is 26.5 Å². The summed E-state index contributed by atoms with van der Waals surface area (Å²) in [4.78, 5) is 37.5. The van der Waals surface area contributed by atoms with E-state index in [4.69, 9.17) is 16.3 Å². The van der Waals surface area contributed by atoms with Gasteiger partial charge in [0.05, 0.1) is 22.6 Å². The van der Waals surface area contributed by atoms with Gasteiger partial charge in [0, 0.05) is 44.4 Å². The largest absolute Gasteiger partial charge is 0.380 e. The minimum absolute atomic E-state index is 0.0556. The summed E-state index contributed by atoms with van der Waals surface area (Å²) >= 11 is 10.5. The molecule has 0 bridgehead atoms. The summed E-state index contributed by atoms with van der Waals surface area (Å²) < 4.78 is 6.71. The second-order valence-electron chi connectivity index (χ2n) is 7.52. The monoisotopic (exact) mass is 603 g/mol. The molecule has 3 rings (SSSR count). The molecule has 37 heavy (non-hydrogen) atoms. The lowest BCUT2D eigenvalue weighted by Gasteiger charge is -2.15. The maximum absolute atomic E-state index is 12.8. The van der Waals surface area contributed by atoms with Crippen molar-refractivity contribution in [3.05, 3.63) is 94.8 Å². The Kier molecular flexibility index (Phi) is 9.60. The minimum Gasteiger partial charge on any atom is -0.380 e. The Balaban J connectivity index is 1.75. The van der Waals surface area contributed by atoms with Crippen molar-refractivity contribution >= 4 is 57.1 Å². The number of nitrogens with zero attached hydrogens (tertiary/aromatic N) is 4. The van der Waals surface area contributed by atoms with Crippen LogP contribution in [-0.2, 0) is 22.7 Å². The van der Waals surface area contributed by atoms with Gasteiger partial charge in [0.15, 0.2) is 0 Å². The summed E-state index contributed by atoms with van der Waals surface area (Å²) in [5.41, 5.74) is 2.66. The van der Waals surface area contributed by atoms with E-state index in [9.17, 15) is 25.0 Å². The summed E-state index contributed by atoms with van der Waals surface area (Å²) in [6.45, 7) is 1.30. The molecule has 3 aromatic rings. The Labute approximate surface area is 229 Å². The zero-order valence-corrected chi connectivity index (χ0v) is 22.7. The number of ether oxygens (including phenoxy) is 1. The molecule has 0 saturated heterocycles. The molecule has 0 atom stereocenters. The Morgan fingerprint density at radius 3 is 2.68 bits per heavy atom. The SMILES string of the molecule is COCc1c(Br)c(C)n(CC(=O)N/N=C/c2ccc(Sc3ccc(Cl)cc3)c([N+](=O)[O-])c2)c(=O)c1C#N. The van der Waals surface area contributed by atoms with Crippen molar-refractivity contribution < 1.29 is 14.5 Å². The number of carbonyl (C=O) groups is 1. The maximum Gasteiger partial charge on any atom is 0.283 e. The van der Waals surface area contributed by atoms with Gasteiger partial charge in [-0.3, -0.25) is 19.7 Å². The Bertz CT molecular complexity index is 1480. The van der Waals surface area contributed by atoms with Gasteiger partial charge in [0.25, 0.3) is 17.2 Å². The predicted octanol–water partition coefficient (Wildman–Crippen LogP) is 4.80. The summed E-state index contributed by atoms with van der Waals surface area (Å²) in [6, 6.07) is 13.3. The van der Waals surface area contributed by atoms with Crippen molar-refractivity contribution in [2.75, 3.05) is 7.11 Å². The summed E-state index contributed by atoms with van der Waals surface area (Å²) in [5, 5.41) is 25.4. The van der Waals surface area contributed by atoms with Crippen LogP contribution in [0.3, 0.4) is 0 Å². The van der Waals surface area contributed by atoms with Crippen molar-refractivity contribution in [1.82, 2.24) is 9.99 Å². The number of halogens is 2. The van der Waals surface area contributed by atoms with E-state index < -0.39 is 16.4 Å². The first-order chi connectivity index (χ1) is 17.7. The highest BCUT2D eigenvalue weighted by Gasteiger charge is 2.20. The molecule has 13 heteroatoms. The van der Waals surface area contributed by atoms with Crippen LogP contribution in [0, 0.1) is 28.4 Å². The molecule has 0 spiro atoms. The fourth-order valence-electron chi connectivity index (χ4n) is 3.28. The lowest BCUT2D eigenvalue weighted by Crippen LogP contribution is -2.33. The van der Waals surface area contributed by atoms with Crippen molar-refractivity contribution in [1.29, 1.82) is 5.26 Å². The van der Waals surface area contributed by atoms with E-state index in [1.54, 1.807) is 43.3 Å². The quantitative estimate of drug-likeness (QED) is 0.210. The summed E-state index contributed by atoms with van der Waals surface area (Å²) in [6.07, 6.45) is 1.26. The van der Waals surface area contributed by atoms with Crippen molar-refractivity contribution in [2.45, 2.75) is 29.9 Å². The molecule has 0 fully saturated rings. The van der Waals surface area contributed by atoms with Crippen LogP contribution in [0.4, 0.5) is 5.69 Å². The first-order valence-electron chi connectivity index (χ1n) is 10.5. The van der Waals surface area contributed by atoms with Crippen LogP contribution in [0.1, 0.15) is 22.4 Å². The molecule has 0 aliphatic rings. The molecule has 10 nitrogen and oxygen atoms in total. The van der Waals surface area contributed by atoms with Gasteiger partial charge in [-0.05, 0) is 53.2 Å². The number of amides is 1. The number of nitro benzene ring substituents is 1. The standard InChI is InChI=1S/C24H19BrClN5O5S/c1-14-23(25)19(13-36-2)18(10-27)24(33)30(14)12-22(32)29-28-11-15-3-8-21(20(9-15)31(34)35)37-17-6-4-16(26)5-7-17/h3-9,11H,12-13H2,1-2H3,(H,29,32)/b28-11+. The van der Waals surface area contributed by atoms with Crippen molar-refractivity contribution in [2.24, 2.45) is 5.10 Å². The van der Waals surface area contributed by atoms with Crippen molar-refractivity contribution in [3.8, 4) is 6.07 Å². The Morgan fingerprint density at radius 2 is 2.05 bits per heavy atom. The first kappa shape index (κ1) is 28.1. The molecular formula is C24H19BrClN5O5S. The average molecular weight is 605 g/mol. The zero-order valence-electron chi connectivity index (χ0n) is 19.5. The number of nitrogens with one attached hydrogen (secondary N) is 1. The van der Waals surface area contributed by atoms with Gasteiger partial charge in [0.1, 0.15) is 18.2 Å². The normalized spacial score (nSPS) is 10.9. The molecule has 2 aromatic carbocycles. The van der Waals surface area contributed by atoms with E-state index in [1.165, 1.54) is 31.2 Å². The summed E-state index contributed by atoms with van der Waals surface area (Å²) in [7, 11) is 1.44. The molecule has 0 aliphatic heterocycles. The zero-order chi connectivity index (χ0) is 27.1. The van der Waals surface area contributed by atoms with E-state index in [-0.39, 0.29) is 24.4 Å². The number of hydrogen-bond donors (Lipinski definition) is 1. The Morgan fingerprint density at radius 1 is 1.35 bits per heavy atom. The van der Waals surface area contributed by atoms with E-state index >= 15 is 0 Å². The van der Waals surface area contributed by atoms with Crippen LogP contribution in [0.5, 0.6) is 0 Å². The highest BCUT2D eigenvalue weighted by atomic mass is 79.9. The Hall–Kier alpha value is -3.50. The third-order valence-electron chi connectivity index (χ3n) is 5.07. The number of nitro groups is 1. The number of methoxy groups -OCH3 is 1. The van der Waals surface area contributed by atoms with Crippen LogP contribution in [0.2, 0.25) is 5.02 Å². The van der Waals surface area contributed by atoms with Gasteiger partial charge in [-0.25, -0.2) is 5.43 Å². The third kappa shape index (κ3) is 6.84. The van der Waals surface area contributed by atoms with Gasteiger partial charge in [0.2, 0.25) is 0 Å². The summed E-state index contributed by atoms with van der Waals surface area (Å²) in [5.74, 6) is -0.624. The molecule has 1 amide bonds. The van der Waals surface area contributed by atoms with Gasteiger partial charge >= 0.3 is 0 Å². The second-order valence-corrected chi connectivity index (χ2v) is 9.87.